The number of ether oxygens (including phenoxy) is 8. The van der Waals surface area contributed by atoms with Gasteiger partial charge in [-0.25, -0.2) is 0 Å². The zero-order valence-electron chi connectivity index (χ0n) is 26.3. The van der Waals surface area contributed by atoms with Gasteiger partial charge in [-0.2, -0.15) is 0 Å². The topological polar surface area (TPSA) is 111 Å². The van der Waals surface area contributed by atoms with Crippen molar-refractivity contribution in [3.63, 3.8) is 0 Å². The summed E-state index contributed by atoms with van der Waals surface area (Å²) in [5, 5.41) is 9.29. The Balaban J connectivity index is 0.000000236. The maximum Gasteiger partial charge on any atom is 0.163 e. The van der Waals surface area contributed by atoms with E-state index in [0.717, 1.165) is 28.9 Å². The first-order chi connectivity index (χ1) is 20.6. The van der Waals surface area contributed by atoms with E-state index in [9.17, 15) is 9.90 Å². The van der Waals surface area contributed by atoms with Crippen LogP contribution in [0.5, 0.6) is 11.5 Å². The largest absolute Gasteiger partial charge is 0.497 e. The number of carbonyl (C=O) groups is 1. The van der Waals surface area contributed by atoms with E-state index in [1.807, 2.05) is 76.2 Å². The normalized spacial score (nSPS) is 23.8. The van der Waals surface area contributed by atoms with E-state index in [1.54, 1.807) is 14.2 Å². The summed E-state index contributed by atoms with van der Waals surface area (Å²) in [6.45, 7) is 9.61. The lowest BCUT2D eigenvalue weighted by Crippen LogP contribution is -2.27. The van der Waals surface area contributed by atoms with E-state index in [1.165, 1.54) is 0 Å². The molecule has 2 saturated heterocycles. The van der Waals surface area contributed by atoms with Gasteiger partial charge in [0, 0.05) is 19.6 Å². The van der Waals surface area contributed by atoms with Gasteiger partial charge >= 0.3 is 0 Å². The van der Waals surface area contributed by atoms with Crippen molar-refractivity contribution in [3.8, 4) is 11.5 Å². The van der Waals surface area contributed by atoms with Crippen molar-refractivity contribution in [2.75, 3.05) is 34.0 Å². The highest BCUT2D eigenvalue weighted by Crippen LogP contribution is 2.31. The van der Waals surface area contributed by atoms with Crippen LogP contribution in [-0.4, -0.2) is 81.4 Å². The highest BCUT2D eigenvalue weighted by molar-refractivity contribution is 5.50. The number of hydrogen-bond donors (Lipinski definition) is 1. The summed E-state index contributed by atoms with van der Waals surface area (Å²) in [5.74, 6) is 0.407. The molecule has 2 fully saturated rings. The maximum absolute atomic E-state index is 10.7. The van der Waals surface area contributed by atoms with Crippen molar-refractivity contribution in [2.45, 2.75) is 96.2 Å². The molecule has 2 heterocycles. The van der Waals surface area contributed by atoms with Crippen LogP contribution in [0.15, 0.2) is 48.5 Å². The highest BCUT2D eigenvalue weighted by Gasteiger charge is 2.41. The molecule has 0 unspecified atom stereocenters. The van der Waals surface area contributed by atoms with Gasteiger partial charge < -0.3 is 47.8 Å². The molecule has 4 atom stereocenters. The Morgan fingerprint density at radius 3 is 1.47 bits per heavy atom. The number of aldehydes is 1. The van der Waals surface area contributed by atoms with Crippen LogP contribution >= 0.6 is 0 Å². The summed E-state index contributed by atoms with van der Waals surface area (Å²) >= 11 is 0. The van der Waals surface area contributed by atoms with Gasteiger partial charge in [-0.15, -0.1) is 0 Å². The average Bonchev–Trinajstić information content (AvgIpc) is 3.46. The van der Waals surface area contributed by atoms with Gasteiger partial charge in [-0.3, -0.25) is 0 Å². The fraction of sp³-hybridized carbons (Fsp3) is 0.606. The van der Waals surface area contributed by atoms with Crippen LogP contribution in [0.1, 0.15) is 58.1 Å². The van der Waals surface area contributed by atoms with Gasteiger partial charge in [0.05, 0.1) is 52.4 Å². The molecule has 10 nitrogen and oxygen atoms in total. The molecule has 1 N–H and O–H groups in total. The van der Waals surface area contributed by atoms with Crippen LogP contribution in [0.3, 0.4) is 0 Å². The Morgan fingerprint density at radius 1 is 0.674 bits per heavy atom. The van der Waals surface area contributed by atoms with Crippen molar-refractivity contribution in [2.24, 2.45) is 0 Å². The smallest absolute Gasteiger partial charge is 0.163 e. The number of rotatable bonds is 15. The SMILES string of the molecule is COc1ccc(COCC[C@@H]2OC(C)(C)O[C@@H]2CC=O)cc1.COc1ccc(COCC[C@@H]2OC(C)(C)O[C@@H]2CO)cc1. The van der Waals surface area contributed by atoms with Crippen LogP contribution in [0.2, 0.25) is 0 Å². The second-order valence-electron chi connectivity index (χ2n) is 11.4. The van der Waals surface area contributed by atoms with Crippen molar-refractivity contribution in [1.29, 1.82) is 0 Å². The molecule has 0 radical (unpaired) electrons. The lowest BCUT2D eigenvalue weighted by molar-refractivity contribution is -0.150. The highest BCUT2D eigenvalue weighted by atomic mass is 16.8. The summed E-state index contributed by atoms with van der Waals surface area (Å²) in [6.07, 6.45) is 1.95. The first-order valence-electron chi connectivity index (χ1n) is 14.7. The second-order valence-corrected chi connectivity index (χ2v) is 11.4. The molecule has 0 aliphatic carbocycles. The maximum atomic E-state index is 10.7. The molecule has 43 heavy (non-hydrogen) atoms. The zero-order valence-corrected chi connectivity index (χ0v) is 26.3. The predicted octanol–water partition coefficient (Wildman–Crippen LogP) is 4.83. The van der Waals surface area contributed by atoms with Crippen LogP contribution in [0, 0.1) is 0 Å². The van der Waals surface area contributed by atoms with Gasteiger partial charge in [0.25, 0.3) is 0 Å². The second kappa shape index (κ2) is 17.1. The van der Waals surface area contributed by atoms with Crippen molar-refractivity contribution in [1.82, 2.24) is 0 Å². The minimum absolute atomic E-state index is 0.0351. The van der Waals surface area contributed by atoms with E-state index in [-0.39, 0.29) is 31.0 Å². The third-order valence-electron chi connectivity index (χ3n) is 7.03. The molecule has 0 amide bonds. The number of aliphatic hydroxyl groups is 1. The molecule has 2 aromatic carbocycles. The number of methoxy groups -OCH3 is 2. The zero-order chi connectivity index (χ0) is 31.3. The third kappa shape index (κ3) is 11.8. The Hall–Kier alpha value is -2.57. The summed E-state index contributed by atoms with van der Waals surface area (Å²) in [5.41, 5.74) is 2.19. The van der Waals surface area contributed by atoms with Crippen molar-refractivity contribution < 1.29 is 47.8 Å². The lowest BCUT2D eigenvalue weighted by atomic mass is 10.1. The van der Waals surface area contributed by atoms with Crippen molar-refractivity contribution in [3.05, 3.63) is 59.7 Å². The quantitative estimate of drug-likeness (QED) is 0.224. The molecule has 0 saturated carbocycles. The summed E-state index contributed by atoms with van der Waals surface area (Å²) in [4.78, 5) is 10.7. The van der Waals surface area contributed by atoms with Gasteiger partial charge in [0.2, 0.25) is 0 Å². The van der Waals surface area contributed by atoms with E-state index in [4.69, 9.17) is 37.9 Å². The fourth-order valence-electron chi connectivity index (χ4n) is 4.98. The van der Waals surface area contributed by atoms with E-state index >= 15 is 0 Å². The Kier molecular flexibility index (Phi) is 13.8. The third-order valence-corrected chi connectivity index (χ3v) is 7.03. The number of hydrogen-bond acceptors (Lipinski definition) is 10. The summed E-state index contributed by atoms with van der Waals surface area (Å²) < 4.78 is 44.5. The Morgan fingerprint density at radius 2 is 1.07 bits per heavy atom. The first kappa shape index (κ1) is 34.9. The van der Waals surface area contributed by atoms with Crippen LogP contribution in [-0.2, 0) is 46.4 Å². The molecular weight excluding hydrogens is 556 g/mol. The van der Waals surface area contributed by atoms with E-state index in [2.05, 4.69) is 0 Å². The summed E-state index contributed by atoms with van der Waals surface area (Å²) in [6, 6.07) is 15.6. The van der Waals surface area contributed by atoms with Gasteiger partial charge in [0.15, 0.2) is 11.6 Å². The van der Waals surface area contributed by atoms with Gasteiger partial charge in [-0.05, 0) is 75.9 Å². The van der Waals surface area contributed by atoms with Crippen LogP contribution in [0.4, 0.5) is 0 Å². The van der Waals surface area contributed by atoms with Crippen molar-refractivity contribution >= 4 is 6.29 Å². The average molecular weight is 605 g/mol. The monoisotopic (exact) mass is 604 g/mol. The molecule has 2 aliphatic heterocycles. The summed E-state index contributed by atoms with van der Waals surface area (Å²) in [7, 11) is 3.29. The molecule has 4 rings (SSSR count). The number of aliphatic hydroxyl groups excluding tert-OH is 1. The predicted molar refractivity (Wildman–Crippen MR) is 160 cm³/mol. The van der Waals surface area contributed by atoms with E-state index in [0.29, 0.717) is 45.7 Å². The minimum Gasteiger partial charge on any atom is -0.497 e. The number of carbonyl (C=O) groups excluding carboxylic acids is 1. The molecular formula is C33H48O10. The molecule has 2 aliphatic rings. The fourth-order valence-corrected chi connectivity index (χ4v) is 4.98. The Labute approximate surface area is 255 Å². The van der Waals surface area contributed by atoms with Gasteiger partial charge in [-0.1, -0.05) is 24.3 Å². The molecule has 0 bridgehead atoms. The van der Waals surface area contributed by atoms with Crippen LogP contribution < -0.4 is 9.47 Å². The van der Waals surface area contributed by atoms with Gasteiger partial charge in [0.1, 0.15) is 23.9 Å². The Bertz CT molecular complexity index is 1070. The first-order valence-corrected chi connectivity index (χ1v) is 14.7. The molecule has 10 heteroatoms. The van der Waals surface area contributed by atoms with Crippen LogP contribution in [0.25, 0.3) is 0 Å². The molecule has 2 aromatic rings. The molecule has 240 valence electrons. The molecule has 0 aromatic heterocycles. The molecule has 0 spiro atoms. The lowest BCUT2D eigenvalue weighted by Gasteiger charge is -2.16. The van der Waals surface area contributed by atoms with E-state index < -0.39 is 11.6 Å². The standard InChI is InChI=1S/C17H24O5.C16H24O5/c1-17(2)21-15(8-10-18)16(22-17)9-11-20-12-13-4-6-14(19-3)7-5-13;1-16(2)20-14(15(10-17)21-16)8-9-19-11-12-4-6-13(18-3)7-5-12/h4-7,10,15-16H,8-9,11-12H2,1-3H3;4-7,14-15,17H,8-11H2,1-3H3/t15-,16+;14-,15+/m10/s1. The minimum atomic E-state index is -0.631. The number of benzene rings is 2.